The molecule has 3 aromatic carbocycles. The fourth-order valence-electron chi connectivity index (χ4n) is 4.47. The Bertz CT molecular complexity index is 1250. The highest BCUT2D eigenvalue weighted by atomic mass is 15.1. The monoisotopic (exact) mass is 419 g/mol. The van der Waals surface area contributed by atoms with Crippen LogP contribution in [0.15, 0.2) is 77.9 Å². The molecular weight excluding hydrogens is 394 g/mol. The van der Waals surface area contributed by atoms with Gasteiger partial charge in [0.15, 0.2) is 0 Å². The summed E-state index contributed by atoms with van der Waals surface area (Å²) < 4.78 is 0. The van der Waals surface area contributed by atoms with Gasteiger partial charge in [0.05, 0.1) is 18.9 Å². The molecule has 2 heterocycles. The molecule has 5 heteroatoms. The van der Waals surface area contributed by atoms with Gasteiger partial charge in [-0.1, -0.05) is 30.3 Å². The molecule has 4 N–H and O–H groups in total. The van der Waals surface area contributed by atoms with E-state index in [2.05, 4.69) is 99.1 Å². The van der Waals surface area contributed by atoms with Gasteiger partial charge in [-0.3, -0.25) is 4.99 Å². The molecule has 32 heavy (non-hydrogen) atoms. The summed E-state index contributed by atoms with van der Waals surface area (Å²) in [6.07, 6.45) is 5.33. The summed E-state index contributed by atoms with van der Waals surface area (Å²) >= 11 is 0. The van der Waals surface area contributed by atoms with Gasteiger partial charge in [-0.25, -0.2) is 0 Å². The lowest BCUT2D eigenvalue weighted by atomic mass is 10.0. The van der Waals surface area contributed by atoms with Crippen molar-refractivity contribution >= 4 is 34.6 Å². The van der Waals surface area contributed by atoms with Gasteiger partial charge in [-0.05, 0) is 76.7 Å². The SMILES string of the molecule is C1=C(c2ccc(Nc3ccc(C4=NCCN4)cc3)cc2)Cc2cc(C3=CNCN3)ccc21. The van der Waals surface area contributed by atoms with Crippen LogP contribution in [-0.4, -0.2) is 25.6 Å². The Balaban J connectivity index is 1.14. The fourth-order valence-corrected chi connectivity index (χ4v) is 4.47. The molecular formula is C27H25N5. The number of nitrogens with zero attached hydrogens (tertiary/aromatic N) is 1. The molecule has 0 saturated carbocycles. The predicted molar refractivity (Wildman–Crippen MR) is 133 cm³/mol. The van der Waals surface area contributed by atoms with Crippen molar-refractivity contribution in [1.29, 1.82) is 0 Å². The highest BCUT2D eigenvalue weighted by molar-refractivity contribution is 6.00. The van der Waals surface area contributed by atoms with Crippen LogP contribution < -0.4 is 21.3 Å². The maximum Gasteiger partial charge on any atom is 0.128 e. The highest BCUT2D eigenvalue weighted by Crippen LogP contribution is 2.34. The smallest absolute Gasteiger partial charge is 0.128 e. The topological polar surface area (TPSA) is 60.5 Å². The van der Waals surface area contributed by atoms with Crippen LogP contribution in [0.2, 0.25) is 0 Å². The van der Waals surface area contributed by atoms with Crippen molar-refractivity contribution in [3.05, 3.63) is 101 Å². The van der Waals surface area contributed by atoms with Gasteiger partial charge < -0.3 is 21.3 Å². The number of fused-ring (bicyclic) bond motifs is 1. The van der Waals surface area contributed by atoms with E-state index in [1.807, 2.05) is 6.20 Å². The molecule has 0 unspecified atom stereocenters. The Hall–Kier alpha value is -3.99. The van der Waals surface area contributed by atoms with Crippen LogP contribution in [-0.2, 0) is 6.42 Å². The lowest BCUT2D eigenvalue weighted by Gasteiger charge is -2.10. The summed E-state index contributed by atoms with van der Waals surface area (Å²) in [7, 11) is 0. The van der Waals surface area contributed by atoms with E-state index in [0.717, 1.165) is 54.6 Å². The lowest BCUT2D eigenvalue weighted by molar-refractivity contribution is 0.842. The lowest BCUT2D eigenvalue weighted by Crippen LogP contribution is -2.19. The normalized spacial score (nSPS) is 16.3. The molecule has 0 atom stereocenters. The van der Waals surface area contributed by atoms with Crippen LogP contribution in [0.5, 0.6) is 0 Å². The third kappa shape index (κ3) is 3.62. The van der Waals surface area contributed by atoms with Gasteiger partial charge in [0.25, 0.3) is 0 Å². The standard InChI is InChI=1S/C27H25N5/c1-2-21(26-16-28-17-31-26)14-23-15-22(13-20(1)23)18-3-7-24(8-4-18)32-25-9-5-19(6-10-25)27-29-11-12-30-27/h1-10,13-14,16,28,31-32H,11-12,15,17H2,(H,29,30). The Kier molecular flexibility index (Phi) is 4.65. The summed E-state index contributed by atoms with van der Waals surface area (Å²) in [6.45, 7) is 2.58. The number of benzene rings is 3. The molecule has 0 spiro atoms. The first-order valence-electron chi connectivity index (χ1n) is 11.1. The molecule has 0 aromatic heterocycles. The van der Waals surface area contributed by atoms with E-state index in [-0.39, 0.29) is 0 Å². The van der Waals surface area contributed by atoms with Crippen molar-refractivity contribution in [2.24, 2.45) is 4.99 Å². The van der Waals surface area contributed by atoms with Crippen molar-refractivity contribution in [3.63, 3.8) is 0 Å². The molecule has 1 aliphatic carbocycles. The van der Waals surface area contributed by atoms with Crippen LogP contribution in [0.25, 0.3) is 17.3 Å². The molecule has 5 nitrogen and oxygen atoms in total. The van der Waals surface area contributed by atoms with Gasteiger partial charge >= 0.3 is 0 Å². The second-order valence-corrected chi connectivity index (χ2v) is 8.31. The molecule has 0 bridgehead atoms. The summed E-state index contributed by atoms with van der Waals surface area (Å²) in [5.41, 5.74) is 11.0. The summed E-state index contributed by atoms with van der Waals surface area (Å²) in [4.78, 5) is 4.48. The van der Waals surface area contributed by atoms with Crippen LogP contribution in [0.3, 0.4) is 0 Å². The average Bonchev–Trinajstić information content (AvgIpc) is 3.61. The number of allylic oxidation sites excluding steroid dienone is 1. The molecule has 0 amide bonds. The van der Waals surface area contributed by atoms with E-state index < -0.39 is 0 Å². The number of aliphatic imine (C=N–C) groups is 1. The van der Waals surface area contributed by atoms with Crippen molar-refractivity contribution in [3.8, 4) is 0 Å². The fraction of sp³-hybridized carbons (Fsp3) is 0.148. The number of hydrogen-bond acceptors (Lipinski definition) is 5. The molecule has 0 radical (unpaired) electrons. The molecule has 0 saturated heterocycles. The largest absolute Gasteiger partial charge is 0.372 e. The number of nitrogens with one attached hydrogen (secondary N) is 4. The number of hydrogen-bond donors (Lipinski definition) is 4. The molecule has 3 aromatic rings. The van der Waals surface area contributed by atoms with Gasteiger partial charge in [-0.15, -0.1) is 0 Å². The summed E-state index contributed by atoms with van der Waals surface area (Å²) in [5, 5.41) is 13.4. The summed E-state index contributed by atoms with van der Waals surface area (Å²) in [6, 6.07) is 23.9. The first kappa shape index (κ1) is 18.8. The number of rotatable bonds is 5. The van der Waals surface area contributed by atoms with E-state index in [1.54, 1.807) is 0 Å². The van der Waals surface area contributed by atoms with Gasteiger partial charge in [0.1, 0.15) is 5.84 Å². The van der Waals surface area contributed by atoms with Gasteiger partial charge in [0.2, 0.25) is 0 Å². The molecule has 6 rings (SSSR count). The van der Waals surface area contributed by atoms with E-state index >= 15 is 0 Å². The third-order valence-electron chi connectivity index (χ3n) is 6.17. The molecule has 2 aliphatic heterocycles. The second-order valence-electron chi connectivity index (χ2n) is 8.31. The van der Waals surface area contributed by atoms with Crippen molar-refractivity contribution < 1.29 is 0 Å². The highest BCUT2D eigenvalue weighted by Gasteiger charge is 2.16. The Morgan fingerprint density at radius 2 is 1.53 bits per heavy atom. The van der Waals surface area contributed by atoms with Crippen molar-refractivity contribution in [2.75, 3.05) is 25.1 Å². The number of anilines is 2. The Labute approximate surface area is 188 Å². The Morgan fingerprint density at radius 3 is 2.22 bits per heavy atom. The third-order valence-corrected chi connectivity index (χ3v) is 6.17. The number of amidine groups is 1. The van der Waals surface area contributed by atoms with E-state index in [4.69, 9.17) is 0 Å². The zero-order chi connectivity index (χ0) is 21.3. The van der Waals surface area contributed by atoms with Gasteiger partial charge in [0, 0.05) is 29.7 Å². The first-order chi connectivity index (χ1) is 15.8. The van der Waals surface area contributed by atoms with Crippen molar-refractivity contribution in [1.82, 2.24) is 16.0 Å². The van der Waals surface area contributed by atoms with Crippen LogP contribution >= 0.6 is 0 Å². The zero-order valence-electron chi connectivity index (χ0n) is 17.8. The minimum atomic E-state index is 0.799. The maximum absolute atomic E-state index is 4.48. The first-order valence-corrected chi connectivity index (χ1v) is 11.1. The van der Waals surface area contributed by atoms with Crippen LogP contribution in [0.4, 0.5) is 11.4 Å². The molecule has 158 valence electrons. The van der Waals surface area contributed by atoms with Crippen LogP contribution in [0.1, 0.15) is 27.8 Å². The average molecular weight is 420 g/mol. The minimum absolute atomic E-state index is 0.799. The molecule has 0 fully saturated rings. The summed E-state index contributed by atoms with van der Waals surface area (Å²) in [5.74, 6) is 0.992. The minimum Gasteiger partial charge on any atom is -0.372 e. The molecule has 3 aliphatic rings. The van der Waals surface area contributed by atoms with Crippen molar-refractivity contribution in [2.45, 2.75) is 6.42 Å². The quantitative estimate of drug-likeness (QED) is 0.497. The zero-order valence-corrected chi connectivity index (χ0v) is 17.8. The van der Waals surface area contributed by atoms with E-state index in [0.29, 0.717) is 0 Å². The van der Waals surface area contributed by atoms with Crippen LogP contribution in [0, 0.1) is 0 Å². The second kappa shape index (κ2) is 7.93. The maximum atomic E-state index is 4.48. The van der Waals surface area contributed by atoms with Gasteiger partial charge in [-0.2, -0.15) is 0 Å². The van der Waals surface area contributed by atoms with E-state index in [9.17, 15) is 0 Å². The van der Waals surface area contributed by atoms with E-state index in [1.165, 1.54) is 27.8 Å². The Morgan fingerprint density at radius 1 is 0.781 bits per heavy atom. The predicted octanol–water partition coefficient (Wildman–Crippen LogP) is 4.33.